The van der Waals surface area contributed by atoms with Crippen LogP contribution in [0.4, 0.5) is 0 Å². The van der Waals surface area contributed by atoms with E-state index < -0.39 is 16.1 Å². The second-order valence-electron chi connectivity index (χ2n) is 6.05. The fourth-order valence-corrected chi connectivity index (χ4v) is 4.73. The number of aryl methyl sites for hydroxylation is 2. The van der Waals surface area contributed by atoms with Gasteiger partial charge in [0.2, 0.25) is 15.9 Å². The average Bonchev–Trinajstić information content (AvgIpc) is 2.61. The summed E-state index contributed by atoms with van der Waals surface area (Å²) in [7, 11) is -3.73. The molecule has 1 aliphatic rings. The van der Waals surface area contributed by atoms with E-state index in [0.29, 0.717) is 17.9 Å². The van der Waals surface area contributed by atoms with E-state index in [0.717, 1.165) is 35.1 Å². The van der Waals surface area contributed by atoms with E-state index in [9.17, 15) is 13.2 Å². The second-order valence-corrected chi connectivity index (χ2v) is 7.70. The summed E-state index contributed by atoms with van der Waals surface area (Å²) in [5, 5.41) is 2.75. The van der Waals surface area contributed by atoms with Gasteiger partial charge in [0.15, 0.2) is 0 Å². The highest BCUT2D eigenvalue weighted by Crippen LogP contribution is 2.26. The van der Waals surface area contributed by atoms with Gasteiger partial charge in [0.1, 0.15) is 6.04 Å². The van der Waals surface area contributed by atoms with E-state index in [2.05, 4.69) is 10.0 Å². The third-order valence-electron chi connectivity index (χ3n) is 4.40. The van der Waals surface area contributed by atoms with Crippen LogP contribution < -0.4 is 10.0 Å². The third kappa shape index (κ3) is 3.33. The number of carbonyl (C=O) groups is 1. The molecule has 1 heterocycles. The van der Waals surface area contributed by atoms with Crippen LogP contribution in [0.5, 0.6) is 0 Å². The summed E-state index contributed by atoms with van der Waals surface area (Å²) in [4.78, 5) is 12.3. The molecule has 0 bridgehead atoms. The van der Waals surface area contributed by atoms with Crippen molar-refractivity contribution in [2.24, 2.45) is 0 Å². The molecule has 1 fully saturated rings. The highest BCUT2D eigenvalue weighted by Gasteiger charge is 2.29. The molecule has 0 saturated carbocycles. The number of hydrogen-bond donors (Lipinski definition) is 2. The van der Waals surface area contributed by atoms with Crippen molar-refractivity contribution in [2.75, 3.05) is 6.54 Å². The molecule has 2 rings (SSSR count). The Balaban J connectivity index is 2.41. The number of hydrogen-bond acceptors (Lipinski definition) is 3. The summed E-state index contributed by atoms with van der Waals surface area (Å²) >= 11 is 0. The molecule has 1 saturated heterocycles. The number of nitrogens with one attached hydrogen (secondary N) is 2. The largest absolute Gasteiger partial charge is 0.355 e. The lowest BCUT2D eigenvalue weighted by molar-refractivity contribution is -0.122. The van der Waals surface area contributed by atoms with Crippen LogP contribution in [0.25, 0.3) is 0 Å². The Kier molecular flexibility index (Phi) is 4.92. The quantitative estimate of drug-likeness (QED) is 0.891. The van der Waals surface area contributed by atoms with Crippen LogP contribution in [0.2, 0.25) is 0 Å². The lowest BCUT2D eigenvalue weighted by Gasteiger charge is -2.20. The van der Waals surface area contributed by atoms with Gasteiger partial charge in [-0.2, -0.15) is 4.72 Å². The standard InChI is InChI=1S/C16H24N2O3S/c1-10-9-11(2)13(4)15(12(10)3)22(20,21)18-14-7-5-6-8-17-16(14)19/h9,14,18H,5-8H2,1-4H3,(H,17,19)/t14-/m1/s1. The SMILES string of the molecule is Cc1cc(C)c(C)c(S(=O)(=O)N[C@@H]2CCCCNC2=O)c1C. The zero-order valence-corrected chi connectivity index (χ0v) is 14.4. The molecule has 0 aliphatic carbocycles. The summed E-state index contributed by atoms with van der Waals surface area (Å²) < 4.78 is 28.2. The zero-order valence-electron chi connectivity index (χ0n) is 13.6. The van der Waals surface area contributed by atoms with E-state index in [-0.39, 0.29) is 5.91 Å². The van der Waals surface area contributed by atoms with Crippen LogP contribution in [0.1, 0.15) is 41.5 Å². The van der Waals surface area contributed by atoms with E-state index in [4.69, 9.17) is 0 Å². The van der Waals surface area contributed by atoms with Crippen molar-refractivity contribution < 1.29 is 13.2 Å². The summed E-state index contributed by atoms with van der Waals surface area (Å²) in [5.41, 5.74) is 3.36. The van der Waals surface area contributed by atoms with Gasteiger partial charge in [-0.25, -0.2) is 8.42 Å². The van der Waals surface area contributed by atoms with E-state index in [1.807, 2.05) is 33.8 Å². The minimum Gasteiger partial charge on any atom is -0.355 e. The Hall–Kier alpha value is -1.40. The molecule has 22 heavy (non-hydrogen) atoms. The van der Waals surface area contributed by atoms with Crippen molar-refractivity contribution >= 4 is 15.9 Å². The molecule has 0 radical (unpaired) electrons. The van der Waals surface area contributed by atoms with Crippen molar-refractivity contribution in [3.05, 3.63) is 28.3 Å². The van der Waals surface area contributed by atoms with Crippen molar-refractivity contribution in [2.45, 2.75) is 57.9 Å². The van der Waals surface area contributed by atoms with Crippen LogP contribution in [-0.4, -0.2) is 26.9 Å². The Labute approximate surface area is 132 Å². The smallest absolute Gasteiger partial charge is 0.241 e. The Morgan fingerprint density at radius 3 is 2.27 bits per heavy atom. The zero-order chi connectivity index (χ0) is 16.5. The molecule has 6 heteroatoms. The van der Waals surface area contributed by atoms with Gasteiger partial charge < -0.3 is 5.32 Å². The van der Waals surface area contributed by atoms with Gasteiger partial charge in [-0.15, -0.1) is 0 Å². The summed E-state index contributed by atoms with van der Waals surface area (Å²) in [5.74, 6) is -0.235. The van der Waals surface area contributed by atoms with Crippen LogP contribution in [0, 0.1) is 27.7 Å². The average molecular weight is 324 g/mol. The highest BCUT2D eigenvalue weighted by atomic mass is 32.2. The topological polar surface area (TPSA) is 75.3 Å². The van der Waals surface area contributed by atoms with Crippen molar-refractivity contribution in [1.29, 1.82) is 0 Å². The predicted octanol–water partition coefficient (Wildman–Crippen LogP) is 1.87. The lowest BCUT2D eigenvalue weighted by Crippen LogP contribution is -2.45. The molecule has 122 valence electrons. The summed E-state index contributed by atoms with van der Waals surface area (Å²) in [6.45, 7) is 8.03. The molecule has 0 unspecified atom stereocenters. The van der Waals surface area contributed by atoms with Crippen LogP contribution in [0.3, 0.4) is 0 Å². The van der Waals surface area contributed by atoms with E-state index >= 15 is 0 Å². The first-order chi connectivity index (χ1) is 10.2. The maximum Gasteiger partial charge on any atom is 0.241 e. The number of sulfonamides is 1. The highest BCUT2D eigenvalue weighted by molar-refractivity contribution is 7.89. The van der Waals surface area contributed by atoms with Crippen LogP contribution >= 0.6 is 0 Å². The number of amides is 1. The van der Waals surface area contributed by atoms with Crippen molar-refractivity contribution in [3.8, 4) is 0 Å². The van der Waals surface area contributed by atoms with Gasteiger partial charge in [-0.05, 0) is 69.2 Å². The lowest BCUT2D eigenvalue weighted by atomic mass is 10.0. The first-order valence-electron chi connectivity index (χ1n) is 7.61. The molecule has 0 aromatic heterocycles. The van der Waals surface area contributed by atoms with Crippen LogP contribution in [0.15, 0.2) is 11.0 Å². The van der Waals surface area contributed by atoms with Gasteiger partial charge in [0, 0.05) is 6.54 Å². The maximum absolute atomic E-state index is 12.8. The second kappa shape index (κ2) is 6.38. The number of carbonyl (C=O) groups excluding carboxylic acids is 1. The molecule has 1 aromatic carbocycles. The first kappa shape index (κ1) is 17.0. The predicted molar refractivity (Wildman–Crippen MR) is 86.4 cm³/mol. The van der Waals surface area contributed by atoms with Crippen molar-refractivity contribution in [3.63, 3.8) is 0 Å². The van der Waals surface area contributed by atoms with E-state index in [1.54, 1.807) is 0 Å². The molecular weight excluding hydrogens is 300 g/mol. The summed E-state index contributed by atoms with van der Waals surface area (Å²) in [6.07, 6.45) is 2.25. The molecular formula is C16H24N2O3S. The minimum absolute atomic E-state index is 0.235. The monoisotopic (exact) mass is 324 g/mol. The molecule has 1 atom stereocenters. The van der Waals surface area contributed by atoms with Crippen molar-refractivity contribution in [1.82, 2.24) is 10.0 Å². The van der Waals surface area contributed by atoms with E-state index in [1.165, 1.54) is 0 Å². The molecule has 0 spiro atoms. The number of rotatable bonds is 3. The molecule has 1 aliphatic heterocycles. The van der Waals surface area contributed by atoms with Gasteiger partial charge in [0.05, 0.1) is 4.90 Å². The molecule has 1 amide bonds. The fraction of sp³-hybridized carbons (Fsp3) is 0.562. The Bertz CT molecular complexity index is 670. The van der Waals surface area contributed by atoms with Gasteiger partial charge in [-0.3, -0.25) is 4.79 Å². The van der Waals surface area contributed by atoms with Gasteiger partial charge in [0.25, 0.3) is 0 Å². The Morgan fingerprint density at radius 1 is 1.09 bits per heavy atom. The first-order valence-corrected chi connectivity index (χ1v) is 9.10. The minimum atomic E-state index is -3.73. The maximum atomic E-state index is 12.8. The van der Waals surface area contributed by atoms with Gasteiger partial charge >= 0.3 is 0 Å². The molecule has 1 aromatic rings. The summed E-state index contributed by atoms with van der Waals surface area (Å²) in [6, 6.07) is 1.30. The Morgan fingerprint density at radius 2 is 1.68 bits per heavy atom. The molecule has 2 N–H and O–H groups in total. The fourth-order valence-electron chi connectivity index (χ4n) is 2.88. The molecule has 5 nitrogen and oxygen atoms in total. The third-order valence-corrected chi connectivity index (χ3v) is 6.14. The van der Waals surface area contributed by atoms with Gasteiger partial charge in [-0.1, -0.05) is 6.07 Å². The normalized spacial score (nSPS) is 19.6. The number of benzene rings is 1. The van der Waals surface area contributed by atoms with Crippen LogP contribution in [-0.2, 0) is 14.8 Å².